The van der Waals surface area contributed by atoms with Crippen molar-refractivity contribution in [1.82, 2.24) is 5.43 Å². The molecule has 0 bridgehead atoms. The van der Waals surface area contributed by atoms with E-state index in [1.165, 1.54) is 6.21 Å². The summed E-state index contributed by atoms with van der Waals surface area (Å²) in [6.07, 6.45) is 1.99. The van der Waals surface area contributed by atoms with Gasteiger partial charge in [-0.2, -0.15) is 5.10 Å². The maximum atomic E-state index is 12.2. The molecule has 0 spiro atoms. The minimum atomic E-state index is -0.431. The minimum Gasteiger partial charge on any atom is -0.507 e. The summed E-state index contributed by atoms with van der Waals surface area (Å²) in [7, 11) is 0. The highest BCUT2D eigenvalue weighted by molar-refractivity contribution is 9.10. The van der Waals surface area contributed by atoms with E-state index in [9.17, 15) is 9.90 Å². The van der Waals surface area contributed by atoms with Gasteiger partial charge in [0.2, 0.25) is 0 Å². The topological polar surface area (TPSA) is 73.7 Å². The molecule has 0 aliphatic rings. The van der Waals surface area contributed by atoms with Crippen molar-refractivity contribution in [3.8, 4) is 5.75 Å². The number of hydrazone groups is 1. The van der Waals surface area contributed by atoms with E-state index in [1.54, 1.807) is 42.5 Å². The molecule has 0 aliphatic heterocycles. The third-order valence-electron chi connectivity index (χ3n) is 3.28. The van der Waals surface area contributed by atoms with Gasteiger partial charge in [0, 0.05) is 20.7 Å². The molecule has 0 heterocycles. The van der Waals surface area contributed by atoms with Crippen molar-refractivity contribution < 1.29 is 9.90 Å². The molecule has 1 atom stereocenters. The number of benzene rings is 2. The van der Waals surface area contributed by atoms with Crippen LogP contribution in [0.25, 0.3) is 0 Å². The fraction of sp³-hybridized carbons (Fsp3) is 0.176. The highest BCUT2D eigenvalue weighted by Crippen LogP contribution is 2.20. The molecule has 2 aromatic rings. The molecular formula is C17H17BrClN3O2. The molecule has 24 heavy (non-hydrogen) atoms. The lowest BCUT2D eigenvalue weighted by Gasteiger charge is -2.16. The van der Waals surface area contributed by atoms with Crippen molar-refractivity contribution in [1.29, 1.82) is 0 Å². The molecule has 5 nitrogen and oxygen atoms in total. The van der Waals surface area contributed by atoms with Gasteiger partial charge in [0.05, 0.1) is 6.21 Å². The van der Waals surface area contributed by atoms with Gasteiger partial charge in [0.15, 0.2) is 0 Å². The van der Waals surface area contributed by atoms with Crippen LogP contribution in [0.1, 0.15) is 18.9 Å². The Hall–Kier alpha value is -2.05. The van der Waals surface area contributed by atoms with Gasteiger partial charge in [-0.15, -0.1) is 0 Å². The van der Waals surface area contributed by atoms with E-state index in [0.717, 1.165) is 10.2 Å². The van der Waals surface area contributed by atoms with Crippen LogP contribution in [0.15, 0.2) is 52.0 Å². The number of phenolic OH excluding ortho intramolecular Hbond substituents is 1. The first-order valence-electron chi connectivity index (χ1n) is 7.33. The average molecular weight is 411 g/mol. The second-order valence-electron chi connectivity index (χ2n) is 5.05. The molecule has 126 valence electrons. The third kappa shape index (κ3) is 5.25. The van der Waals surface area contributed by atoms with Gasteiger partial charge in [-0.1, -0.05) is 34.5 Å². The molecule has 0 radical (unpaired) electrons. The number of nitrogens with one attached hydrogen (secondary N) is 2. The molecule has 0 saturated heterocycles. The summed E-state index contributed by atoms with van der Waals surface area (Å²) in [5.74, 6) is -0.180. The second-order valence-corrected chi connectivity index (χ2v) is 6.40. The van der Waals surface area contributed by atoms with Crippen molar-refractivity contribution in [3.05, 3.63) is 57.5 Å². The van der Waals surface area contributed by atoms with E-state index >= 15 is 0 Å². The third-order valence-corrected chi connectivity index (χ3v) is 4.02. The number of aromatic hydroxyl groups is 1. The van der Waals surface area contributed by atoms with Gasteiger partial charge in [0.25, 0.3) is 5.91 Å². The number of amides is 1. The van der Waals surface area contributed by atoms with E-state index in [4.69, 9.17) is 11.6 Å². The Bertz CT molecular complexity index is 735. The predicted octanol–water partition coefficient (Wildman–Crippen LogP) is 4.15. The predicted molar refractivity (Wildman–Crippen MR) is 101 cm³/mol. The highest BCUT2D eigenvalue weighted by atomic mass is 79.9. The number of hydrogen-bond donors (Lipinski definition) is 3. The van der Waals surface area contributed by atoms with Gasteiger partial charge < -0.3 is 10.4 Å². The first-order chi connectivity index (χ1) is 11.5. The smallest absolute Gasteiger partial charge is 0.262 e. The summed E-state index contributed by atoms with van der Waals surface area (Å²) in [5, 5.41) is 17.4. The van der Waals surface area contributed by atoms with E-state index < -0.39 is 6.04 Å². The molecular weight excluding hydrogens is 394 g/mol. The van der Waals surface area contributed by atoms with Crippen LogP contribution in [0.4, 0.5) is 5.69 Å². The van der Waals surface area contributed by atoms with Crippen LogP contribution < -0.4 is 10.7 Å². The summed E-state index contributed by atoms with van der Waals surface area (Å²) >= 11 is 9.16. The quantitative estimate of drug-likeness (QED) is 0.495. The van der Waals surface area contributed by atoms with Gasteiger partial charge in [0.1, 0.15) is 11.8 Å². The molecule has 0 saturated carbocycles. The van der Waals surface area contributed by atoms with E-state index in [0.29, 0.717) is 17.0 Å². The largest absolute Gasteiger partial charge is 0.507 e. The lowest BCUT2D eigenvalue weighted by atomic mass is 10.2. The number of carbonyl (C=O) groups excluding carboxylic acids is 1. The SMILES string of the molecule is CC[C@@H](Nc1ccc(Cl)cc1)C(=O)N/N=C\c1cc(Br)ccc1O. The molecule has 0 unspecified atom stereocenters. The molecule has 7 heteroatoms. The Balaban J connectivity index is 1.97. The zero-order chi connectivity index (χ0) is 17.5. The first kappa shape index (κ1) is 18.3. The number of nitrogens with zero attached hydrogens (tertiary/aromatic N) is 1. The summed E-state index contributed by atoms with van der Waals surface area (Å²) in [6, 6.07) is 11.7. The van der Waals surface area contributed by atoms with Crippen LogP contribution in [-0.4, -0.2) is 23.3 Å². The number of carbonyl (C=O) groups is 1. The van der Waals surface area contributed by atoms with Gasteiger partial charge in [-0.3, -0.25) is 4.79 Å². The van der Waals surface area contributed by atoms with Gasteiger partial charge in [-0.05, 0) is 48.9 Å². The van der Waals surface area contributed by atoms with Crippen LogP contribution in [0.3, 0.4) is 0 Å². The van der Waals surface area contributed by atoms with Crippen LogP contribution in [0.2, 0.25) is 5.02 Å². The van der Waals surface area contributed by atoms with Crippen LogP contribution >= 0.6 is 27.5 Å². The molecule has 0 aromatic heterocycles. The maximum Gasteiger partial charge on any atom is 0.262 e. The molecule has 1 amide bonds. The Morgan fingerprint density at radius 1 is 1.33 bits per heavy atom. The van der Waals surface area contributed by atoms with Crippen LogP contribution in [0, 0.1) is 0 Å². The van der Waals surface area contributed by atoms with Crippen molar-refractivity contribution in [2.24, 2.45) is 5.10 Å². The lowest BCUT2D eigenvalue weighted by molar-refractivity contribution is -0.121. The summed E-state index contributed by atoms with van der Waals surface area (Å²) < 4.78 is 0.809. The molecule has 2 aromatic carbocycles. The summed E-state index contributed by atoms with van der Waals surface area (Å²) in [6.45, 7) is 1.90. The average Bonchev–Trinajstić information content (AvgIpc) is 2.57. The van der Waals surface area contributed by atoms with Crippen molar-refractivity contribution in [2.75, 3.05) is 5.32 Å². The summed E-state index contributed by atoms with van der Waals surface area (Å²) in [5.41, 5.74) is 3.78. The lowest BCUT2D eigenvalue weighted by Crippen LogP contribution is -2.36. The Morgan fingerprint density at radius 2 is 2.04 bits per heavy atom. The number of phenols is 1. The number of anilines is 1. The fourth-order valence-electron chi connectivity index (χ4n) is 1.97. The zero-order valence-electron chi connectivity index (χ0n) is 13.0. The normalized spacial score (nSPS) is 12.1. The Morgan fingerprint density at radius 3 is 2.71 bits per heavy atom. The number of rotatable bonds is 6. The fourth-order valence-corrected chi connectivity index (χ4v) is 2.48. The van der Waals surface area contributed by atoms with Crippen LogP contribution in [-0.2, 0) is 4.79 Å². The van der Waals surface area contributed by atoms with Crippen molar-refractivity contribution in [2.45, 2.75) is 19.4 Å². The molecule has 2 rings (SSSR count). The first-order valence-corrected chi connectivity index (χ1v) is 8.50. The van der Waals surface area contributed by atoms with Crippen LogP contribution in [0.5, 0.6) is 5.75 Å². The van der Waals surface area contributed by atoms with E-state index in [-0.39, 0.29) is 11.7 Å². The standard InChI is InChI=1S/C17H17BrClN3O2/c1-2-15(21-14-6-4-13(19)5-7-14)17(24)22-20-10-11-9-12(18)3-8-16(11)23/h3-10,15,21,23H,2H2,1H3,(H,22,24)/b20-10-/t15-/m1/s1. The number of halogens is 2. The molecule has 3 N–H and O–H groups in total. The zero-order valence-corrected chi connectivity index (χ0v) is 15.3. The molecule has 0 fully saturated rings. The van der Waals surface area contributed by atoms with Gasteiger partial charge >= 0.3 is 0 Å². The summed E-state index contributed by atoms with van der Waals surface area (Å²) in [4.78, 5) is 12.2. The van der Waals surface area contributed by atoms with Gasteiger partial charge in [-0.25, -0.2) is 5.43 Å². The van der Waals surface area contributed by atoms with E-state index in [1.807, 2.05) is 6.92 Å². The maximum absolute atomic E-state index is 12.2. The Kier molecular flexibility index (Phi) is 6.63. The second kappa shape index (κ2) is 8.70. The van der Waals surface area contributed by atoms with E-state index in [2.05, 4.69) is 31.8 Å². The van der Waals surface area contributed by atoms with Crippen molar-refractivity contribution >= 4 is 45.3 Å². The van der Waals surface area contributed by atoms with Crippen molar-refractivity contribution in [3.63, 3.8) is 0 Å². The highest BCUT2D eigenvalue weighted by Gasteiger charge is 2.15. The monoisotopic (exact) mass is 409 g/mol. The number of hydrogen-bond acceptors (Lipinski definition) is 4. The minimum absolute atomic E-state index is 0.0857. The Labute approximate surface area is 153 Å². The molecule has 0 aliphatic carbocycles.